The van der Waals surface area contributed by atoms with E-state index in [-0.39, 0.29) is 25.2 Å². The summed E-state index contributed by atoms with van der Waals surface area (Å²) < 4.78 is 17.5. The Hall–Kier alpha value is -4.88. The van der Waals surface area contributed by atoms with Gasteiger partial charge in [-0.25, -0.2) is 9.29 Å². The number of aliphatic carboxylic acids is 1. The Balaban J connectivity index is 1.23. The van der Waals surface area contributed by atoms with Crippen LogP contribution in [0, 0.1) is 41.8 Å². The zero-order valence-corrected chi connectivity index (χ0v) is 29.3. The number of anilines is 1. The van der Waals surface area contributed by atoms with Gasteiger partial charge in [0.1, 0.15) is 11.5 Å². The third kappa shape index (κ3) is 4.73. The number of amides is 4. The van der Waals surface area contributed by atoms with Crippen LogP contribution < -0.4 is 4.90 Å². The fourth-order valence-electron chi connectivity index (χ4n) is 9.02. The summed E-state index contributed by atoms with van der Waals surface area (Å²) in [6.45, 7) is 3.38. The number of allylic oxidation sites excluding steroid dienone is 2. The van der Waals surface area contributed by atoms with Crippen molar-refractivity contribution >= 4 is 68.4 Å². The topological polar surface area (TPSA) is 150 Å². The molecule has 0 bridgehead atoms. The monoisotopic (exact) mass is 730 g/mol. The lowest BCUT2D eigenvalue weighted by Crippen LogP contribution is -2.49. The number of nitrogens with zero attached hydrogens (tertiary/aromatic N) is 4. The quantitative estimate of drug-likeness (QED) is 0.186. The Morgan fingerprint density at radius 2 is 1.84 bits per heavy atom. The molecule has 4 aliphatic rings. The molecule has 2 aromatic carbocycles. The molecule has 2 saturated heterocycles. The molecule has 4 heterocycles. The number of aromatic hydroxyl groups is 1. The number of benzene rings is 2. The van der Waals surface area contributed by atoms with Gasteiger partial charge in [-0.2, -0.15) is 5.10 Å². The zero-order valence-electron chi connectivity index (χ0n) is 27.7. The van der Waals surface area contributed by atoms with E-state index in [9.17, 15) is 34.2 Å². The number of phenols is 1. The smallest absolute Gasteiger partial charge is 0.305 e. The summed E-state index contributed by atoms with van der Waals surface area (Å²) in [6, 6.07) is 11.2. The molecule has 6 atom stereocenters. The molecule has 2 aromatic heterocycles. The lowest BCUT2D eigenvalue weighted by atomic mass is 9.51. The first-order valence-corrected chi connectivity index (χ1v) is 17.8. The van der Waals surface area contributed by atoms with Crippen LogP contribution in [-0.2, 0) is 31.0 Å². The van der Waals surface area contributed by atoms with Gasteiger partial charge in [0.15, 0.2) is 11.6 Å². The molecule has 262 valence electrons. The van der Waals surface area contributed by atoms with Crippen LogP contribution in [0.5, 0.6) is 5.75 Å². The van der Waals surface area contributed by atoms with Gasteiger partial charge < -0.3 is 10.2 Å². The number of hydrogen-bond acceptors (Lipinski definition) is 8. The number of halogens is 2. The maximum Gasteiger partial charge on any atom is 0.305 e. The SMILES string of the molecule is Cc1c(-c2cc(N3C(=O)[C@@H]4C[C@@H]5C(=CC[C@@H]6C(=O)N(CCC(=O)O)C(=O)[C@@H]65)[C@H](c5ccc(O)c(F)c5)[C@]4(C)C3=O)n(C)n2)sc2ccc(Cl)cc12. The molecule has 0 radical (unpaired) electrons. The van der Waals surface area contributed by atoms with Crippen LogP contribution in [0.3, 0.4) is 0 Å². The van der Waals surface area contributed by atoms with E-state index in [4.69, 9.17) is 16.7 Å². The first kappa shape index (κ1) is 33.3. The van der Waals surface area contributed by atoms with Gasteiger partial charge in [-0.05, 0) is 79.5 Å². The molecule has 8 rings (SSSR count). The van der Waals surface area contributed by atoms with Crippen LogP contribution in [0.1, 0.15) is 43.2 Å². The van der Waals surface area contributed by atoms with Gasteiger partial charge in [-0.15, -0.1) is 11.3 Å². The van der Waals surface area contributed by atoms with E-state index in [1.165, 1.54) is 28.2 Å². The van der Waals surface area contributed by atoms with E-state index in [2.05, 4.69) is 0 Å². The van der Waals surface area contributed by atoms with Gasteiger partial charge in [0.05, 0.1) is 34.5 Å². The number of rotatable bonds is 6. The van der Waals surface area contributed by atoms with Crippen molar-refractivity contribution in [3.8, 4) is 16.3 Å². The third-order valence-corrected chi connectivity index (χ3v) is 13.0. The normalized spacial score (nSPS) is 27.2. The number of carbonyl (C=O) groups is 5. The van der Waals surface area contributed by atoms with Crippen molar-refractivity contribution in [3.63, 3.8) is 0 Å². The van der Waals surface area contributed by atoms with Crippen molar-refractivity contribution in [2.24, 2.45) is 36.1 Å². The maximum absolute atomic E-state index is 15.0. The highest BCUT2D eigenvalue weighted by Crippen LogP contribution is 2.63. The number of imide groups is 2. The summed E-state index contributed by atoms with van der Waals surface area (Å²) >= 11 is 7.79. The molecule has 3 fully saturated rings. The molecule has 2 aliphatic carbocycles. The van der Waals surface area contributed by atoms with Crippen LogP contribution in [-0.4, -0.2) is 61.0 Å². The second-order valence-corrected chi connectivity index (χ2v) is 15.5. The molecular weight excluding hydrogens is 699 g/mol. The molecule has 0 unspecified atom stereocenters. The van der Waals surface area contributed by atoms with Crippen molar-refractivity contribution in [2.75, 3.05) is 11.4 Å². The first-order chi connectivity index (χ1) is 24.2. The number of aromatic nitrogens is 2. The number of hydrogen-bond donors (Lipinski definition) is 2. The van der Waals surface area contributed by atoms with Crippen LogP contribution in [0.15, 0.2) is 54.1 Å². The Morgan fingerprint density at radius 1 is 1.08 bits per heavy atom. The van der Waals surface area contributed by atoms with Crippen molar-refractivity contribution in [1.29, 1.82) is 0 Å². The standard InChI is InChI=1S/C37H32ClFN4O7S/c1-16-21-13-18(38)5-9-27(21)51-32(16)25-15-28(41(3)40-25)43-34(48)23-14-22-19(6-7-20-30(22)35(49)42(33(20)47)11-10-29(45)46)31(37(23,2)36(43)50)17-4-8-26(44)24(39)12-17/h4-6,8-9,12-13,15,20,22-23,30-31,44H,7,10-11,14H2,1-3H3,(H,45,46)/t20-,22+,23-,30-,31-,37+/m0/s1. The van der Waals surface area contributed by atoms with E-state index in [1.807, 2.05) is 31.2 Å². The number of aryl methyl sites for hydroxylation is 2. The molecule has 2 aliphatic heterocycles. The average molecular weight is 731 g/mol. The van der Waals surface area contributed by atoms with E-state index in [0.29, 0.717) is 21.9 Å². The van der Waals surface area contributed by atoms with Crippen molar-refractivity contribution < 1.29 is 38.6 Å². The Labute approximate surface area is 299 Å². The fraction of sp³-hybridized carbons (Fsp3) is 0.351. The van der Waals surface area contributed by atoms with Gasteiger partial charge in [-0.1, -0.05) is 29.3 Å². The molecule has 11 nitrogen and oxygen atoms in total. The number of fused-ring (bicyclic) bond motifs is 5. The molecule has 14 heteroatoms. The van der Waals surface area contributed by atoms with E-state index in [0.717, 1.165) is 36.4 Å². The molecule has 51 heavy (non-hydrogen) atoms. The average Bonchev–Trinajstić information content (AvgIpc) is 3.75. The highest BCUT2D eigenvalue weighted by Gasteiger charge is 2.68. The van der Waals surface area contributed by atoms with Crippen molar-refractivity contribution in [1.82, 2.24) is 14.7 Å². The number of carbonyl (C=O) groups excluding carboxylic acids is 4. The minimum absolute atomic E-state index is 0.0777. The Bertz CT molecular complexity index is 2280. The lowest BCUT2D eigenvalue weighted by Gasteiger charge is -2.49. The van der Waals surface area contributed by atoms with Crippen LogP contribution in [0.25, 0.3) is 20.7 Å². The predicted molar refractivity (Wildman–Crippen MR) is 185 cm³/mol. The minimum Gasteiger partial charge on any atom is -0.505 e. The van der Waals surface area contributed by atoms with Crippen molar-refractivity contribution in [3.05, 3.63) is 76.1 Å². The number of carboxylic acid groups (broad SMARTS) is 1. The number of carboxylic acids is 1. The summed E-state index contributed by atoms with van der Waals surface area (Å²) in [4.78, 5) is 71.1. The van der Waals surface area contributed by atoms with E-state index >= 15 is 4.39 Å². The fourth-order valence-corrected chi connectivity index (χ4v) is 10.3. The summed E-state index contributed by atoms with van der Waals surface area (Å²) in [5.74, 6) is -8.46. The van der Waals surface area contributed by atoms with Crippen LogP contribution in [0.2, 0.25) is 5.02 Å². The van der Waals surface area contributed by atoms with Crippen molar-refractivity contribution in [2.45, 2.75) is 39.0 Å². The van der Waals surface area contributed by atoms with E-state index in [1.54, 1.807) is 20.0 Å². The summed E-state index contributed by atoms with van der Waals surface area (Å²) in [5.41, 5.74) is 1.08. The summed E-state index contributed by atoms with van der Waals surface area (Å²) in [7, 11) is 1.65. The maximum atomic E-state index is 15.0. The predicted octanol–water partition coefficient (Wildman–Crippen LogP) is 5.81. The molecule has 4 aromatic rings. The lowest BCUT2D eigenvalue weighted by molar-refractivity contribution is -0.142. The zero-order chi connectivity index (χ0) is 36.3. The van der Waals surface area contributed by atoms with Gasteiger partial charge in [-0.3, -0.25) is 33.6 Å². The third-order valence-electron chi connectivity index (χ3n) is 11.4. The second-order valence-electron chi connectivity index (χ2n) is 14.1. The second kappa shape index (κ2) is 11.6. The van der Waals surface area contributed by atoms with Crippen LogP contribution >= 0.6 is 22.9 Å². The highest BCUT2D eigenvalue weighted by atomic mass is 35.5. The first-order valence-electron chi connectivity index (χ1n) is 16.6. The summed E-state index contributed by atoms with van der Waals surface area (Å²) in [6.07, 6.45) is 1.67. The molecule has 2 N–H and O–H groups in total. The van der Waals surface area contributed by atoms with Crippen LogP contribution in [0.4, 0.5) is 10.2 Å². The Morgan fingerprint density at radius 3 is 2.57 bits per heavy atom. The minimum atomic E-state index is -1.43. The van der Waals surface area contributed by atoms with E-state index < -0.39 is 82.6 Å². The summed E-state index contributed by atoms with van der Waals surface area (Å²) in [5, 5.41) is 25.6. The van der Waals surface area contributed by atoms with Gasteiger partial charge in [0.25, 0.3) is 0 Å². The highest BCUT2D eigenvalue weighted by molar-refractivity contribution is 7.22. The molecule has 0 spiro atoms. The largest absolute Gasteiger partial charge is 0.505 e. The Kier molecular flexibility index (Phi) is 7.55. The molecular formula is C37H32ClFN4O7S. The molecule has 4 amide bonds. The molecule has 1 saturated carbocycles. The van der Waals surface area contributed by atoms with Gasteiger partial charge in [0, 0.05) is 35.3 Å². The number of phenolic OH excluding ortho intramolecular Hbond substituents is 1. The number of thiophene rings is 1. The van der Waals surface area contributed by atoms with Gasteiger partial charge in [0.2, 0.25) is 23.6 Å². The van der Waals surface area contributed by atoms with Gasteiger partial charge >= 0.3 is 5.97 Å². The number of likely N-dealkylation sites (tertiary alicyclic amines) is 1.